The summed E-state index contributed by atoms with van der Waals surface area (Å²) >= 11 is 0. The molecule has 0 aliphatic heterocycles. The zero-order valence-electron chi connectivity index (χ0n) is 9.97. The van der Waals surface area contributed by atoms with Crippen LogP contribution in [-0.4, -0.2) is 12.1 Å². The minimum atomic E-state index is 0.440. The van der Waals surface area contributed by atoms with Crippen LogP contribution in [0.5, 0.6) is 0 Å². The summed E-state index contributed by atoms with van der Waals surface area (Å²) in [7, 11) is 0. The van der Waals surface area contributed by atoms with E-state index < -0.39 is 0 Å². The Labute approximate surface area is 89.4 Å². The molecule has 0 spiro atoms. The minimum Gasteiger partial charge on any atom is -0.328 e. The van der Waals surface area contributed by atoms with Crippen molar-refractivity contribution in [3.63, 3.8) is 0 Å². The molecular weight excluding hydrogens is 172 g/mol. The van der Waals surface area contributed by atoms with Gasteiger partial charge in [-0.1, -0.05) is 39.5 Å². The largest absolute Gasteiger partial charge is 0.328 e. The summed E-state index contributed by atoms with van der Waals surface area (Å²) in [4.78, 5) is 0. The molecule has 86 valence electrons. The summed E-state index contributed by atoms with van der Waals surface area (Å²) < 4.78 is 0. The Morgan fingerprint density at radius 3 is 1.29 bits per heavy atom. The molecule has 0 atom stereocenters. The molecule has 1 saturated carbocycles. The molecule has 1 rings (SSSR count). The third-order valence-electron chi connectivity index (χ3n) is 2.77. The normalized spacial score (nSPS) is 26.6. The number of unbranched alkanes of at least 4 members (excludes halogenated alkanes) is 3. The van der Waals surface area contributed by atoms with Crippen LogP contribution < -0.4 is 11.5 Å². The average molecular weight is 200 g/mol. The molecular formula is C12H28N2. The van der Waals surface area contributed by atoms with Crippen molar-refractivity contribution in [3.8, 4) is 0 Å². The van der Waals surface area contributed by atoms with Gasteiger partial charge >= 0.3 is 0 Å². The summed E-state index contributed by atoms with van der Waals surface area (Å²) in [5, 5.41) is 0. The van der Waals surface area contributed by atoms with Crippen LogP contribution in [0.3, 0.4) is 0 Å². The van der Waals surface area contributed by atoms with Crippen LogP contribution in [0.15, 0.2) is 0 Å². The molecule has 0 aromatic rings. The van der Waals surface area contributed by atoms with Gasteiger partial charge in [-0.25, -0.2) is 0 Å². The van der Waals surface area contributed by atoms with Gasteiger partial charge in [0.1, 0.15) is 0 Å². The van der Waals surface area contributed by atoms with Crippen molar-refractivity contribution >= 4 is 0 Å². The van der Waals surface area contributed by atoms with E-state index in [0.29, 0.717) is 12.1 Å². The van der Waals surface area contributed by atoms with Gasteiger partial charge in [0.05, 0.1) is 0 Å². The Balaban J connectivity index is 0.000000255. The quantitative estimate of drug-likeness (QED) is 0.688. The monoisotopic (exact) mass is 200 g/mol. The van der Waals surface area contributed by atoms with E-state index in [-0.39, 0.29) is 0 Å². The second-order valence-electron chi connectivity index (χ2n) is 4.38. The second kappa shape index (κ2) is 9.47. The van der Waals surface area contributed by atoms with Gasteiger partial charge in [0, 0.05) is 12.1 Å². The van der Waals surface area contributed by atoms with Gasteiger partial charge < -0.3 is 11.5 Å². The lowest BCUT2D eigenvalue weighted by Gasteiger charge is -2.22. The number of nitrogens with two attached hydrogens (primary N) is 2. The molecule has 0 radical (unpaired) electrons. The first kappa shape index (κ1) is 13.9. The molecule has 0 aromatic carbocycles. The molecule has 0 saturated heterocycles. The van der Waals surface area contributed by atoms with Crippen LogP contribution >= 0.6 is 0 Å². The van der Waals surface area contributed by atoms with Crippen molar-refractivity contribution in [3.05, 3.63) is 0 Å². The highest BCUT2D eigenvalue weighted by molar-refractivity contribution is 4.75. The summed E-state index contributed by atoms with van der Waals surface area (Å²) in [6.07, 6.45) is 10.0. The maximum absolute atomic E-state index is 5.64. The van der Waals surface area contributed by atoms with Gasteiger partial charge in [-0.15, -0.1) is 0 Å². The Hall–Kier alpha value is -0.0800. The lowest BCUT2D eigenvalue weighted by molar-refractivity contribution is 0.395. The number of hydrogen-bond donors (Lipinski definition) is 2. The highest BCUT2D eigenvalue weighted by atomic mass is 14.7. The topological polar surface area (TPSA) is 52.0 Å². The van der Waals surface area contributed by atoms with E-state index in [1.807, 2.05) is 0 Å². The highest BCUT2D eigenvalue weighted by Crippen LogP contribution is 2.14. The van der Waals surface area contributed by atoms with Crippen molar-refractivity contribution in [2.24, 2.45) is 11.5 Å². The fraction of sp³-hybridized carbons (Fsp3) is 1.00. The van der Waals surface area contributed by atoms with Crippen LogP contribution in [0, 0.1) is 0 Å². The van der Waals surface area contributed by atoms with Crippen molar-refractivity contribution in [1.29, 1.82) is 0 Å². The third-order valence-corrected chi connectivity index (χ3v) is 2.77. The molecule has 2 nitrogen and oxygen atoms in total. The van der Waals surface area contributed by atoms with Gasteiger partial charge in [-0.05, 0) is 25.7 Å². The van der Waals surface area contributed by atoms with E-state index in [1.54, 1.807) is 0 Å². The van der Waals surface area contributed by atoms with Crippen LogP contribution in [0.4, 0.5) is 0 Å². The Morgan fingerprint density at radius 2 is 1.07 bits per heavy atom. The van der Waals surface area contributed by atoms with Crippen LogP contribution in [0.25, 0.3) is 0 Å². The Bertz CT molecular complexity index is 92.9. The minimum absolute atomic E-state index is 0.440. The summed E-state index contributed by atoms with van der Waals surface area (Å²) in [5.74, 6) is 0. The zero-order valence-corrected chi connectivity index (χ0v) is 9.97. The van der Waals surface area contributed by atoms with Crippen molar-refractivity contribution in [2.45, 2.75) is 77.3 Å². The average Bonchev–Trinajstić information content (AvgIpc) is 2.20. The van der Waals surface area contributed by atoms with Crippen molar-refractivity contribution < 1.29 is 0 Å². The predicted octanol–water partition coefficient (Wildman–Crippen LogP) is 2.80. The van der Waals surface area contributed by atoms with Crippen LogP contribution in [-0.2, 0) is 0 Å². The SMILES string of the molecule is CCCCCC.NC1CCC(N)CC1. The van der Waals surface area contributed by atoms with Crippen LogP contribution in [0.1, 0.15) is 65.2 Å². The van der Waals surface area contributed by atoms with Crippen LogP contribution in [0.2, 0.25) is 0 Å². The maximum Gasteiger partial charge on any atom is 0.00399 e. The first-order valence-corrected chi connectivity index (χ1v) is 6.21. The highest BCUT2D eigenvalue weighted by Gasteiger charge is 2.13. The molecule has 2 heteroatoms. The second-order valence-corrected chi connectivity index (χ2v) is 4.38. The summed E-state index contributed by atoms with van der Waals surface area (Å²) in [5.41, 5.74) is 11.3. The molecule has 0 heterocycles. The Kier molecular flexibility index (Phi) is 9.42. The maximum atomic E-state index is 5.64. The van der Waals surface area contributed by atoms with E-state index in [2.05, 4.69) is 13.8 Å². The van der Waals surface area contributed by atoms with E-state index in [4.69, 9.17) is 11.5 Å². The standard InChI is InChI=1S/C6H14N2.C6H14/c7-5-1-2-6(8)4-3-5;1-3-5-6-4-2/h5-6H,1-4,7-8H2;3-6H2,1-2H3. The molecule has 0 amide bonds. The van der Waals surface area contributed by atoms with Crippen molar-refractivity contribution in [1.82, 2.24) is 0 Å². The fourth-order valence-corrected chi connectivity index (χ4v) is 1.64. The van der Waals surface area contributed by atoms with Gasteiger partial charge in [-0.2, -0.15) is 0 Å². The van der Waals surface area contributed by atoms with Crippen molar-refractivity contribution in [2.75, 3.05) is 0 Å². The van der Waals surface area contributed by atoms with Gasteiger partial charge in [0.2, 0.25) is 0 Å². The first-order chi connectivity index (χ1) is 6.70. The zero-order chi connectivity index (χ0) is 10.8. The molecule has 0 unspecified atom stereocenters. The number of hydrogen-bond acceptors (Lipinski definition) is 2. The van der Waals surface area contributed by atoms with E-state index >= 15 is 0 Å². The lowest BCUT2D eigenvalue weighted by atomic mass is 9.93. The predicted molar refractivity (Wildman–Crippen MR) is 64.2 cm³/mol. The Morgan fingerprint density at radius 1 is 0.786 bits per heavy atom. The lowest BCUT2D eigenvalue weighted by Crippen LogP contribution is -2.33. The number of rotatable bonds is 3. The van der Waals surface area contributed by atoms with Gasteiger partial charge in [0.15, 0.2) is 0 Å². The molecule has 4 N–H and O–H groups in total. The third kappa shape index (κ3) is 8.52. The smallest absolute Gasteiger partial charge is 0.00399 e. The van der Waals surface area contributed by atoms with E-state index in [0.717, 1.165) is 25.7 Å². The van der Waals surface area contributed by atoms with Gasteiger partial charge in [-0.3, -0.25) is 0 Å². The summed E-state index contributed by atoms with van der Waals surface area (Å²) in [6.45, 7) is 4.46. The molecule has 1 aliphatic rings. The van der Waals surface area contributed by atoms with E-state index in [1.165, 1.54) is 25.7 Å². The first-order valence-electron chi connectivity index (χ1n) is 6.21. The van der Waals surface area contributed by atoms with Gasteiger partial charge in [0.25, 0.3) is 0 Å². The molecule has 14 heavy (non-hydrogen) atoms. The molecule has 0 aromatic heterocycles. The van der Waals surface area contributed by atoms with E-state index in [9.17, 15) is 0 Å². The fourth-order valence-electron chi connectivity index (χ4n) is 1.64. The molecule has 1 aliphatic carbocycles. The summed E-state index contributed by atoms with van der Waals surface area (Å²) in [6, 6.07) is 0.879. The molecule has 0 bridgehead atoms. The molecule has 1 fully saturated rings.